The maximum atomic E-state index is 14.2. The molecule has 1 N–H and O–H groups in total. The largest absolute Gasteiger partial charge is 0.494 e. The normalized spacial score (nSPS) is 18.7. The van der Waals surface area contributed by atoms with Crippen molar-refractivity contribution in [1.29, 1.82) is 0 Å². The number of likely N-dealkylation sites (tertiary alicyclic amines) is 1. The van der Waals surface area contributed by atoms with Gasteiger partial charge < -0.3 is 10.1 Å². The Labute approximate surface area is 127 Å². The summed E-state index contributed by atoms with van der Waals surface area (Å²) in [5, 5.41) is 3.51. The second-order valence-electron chi connectivity index (χ2n) is 5.89. The first kappa shape index (κ1) is 16.2. The number of hydrogen-bond donors (Lipinski definition) is 1. The van der Waals surface area contributed by atoms with Crippen LogP contribution in [0.1, 0.15) is 32.3 Å². The maximum absolute atomic E-state index is 14.2. The first-order valence-electron chi connectivity index (χ1n) is 7.92. The van der Waals surface area contributed by atoms with E-state index in [-0.39, 0.29) is 5.82 Å². The molecule has 0 saturated carbocycles. The van der Waals surface area contributed by atoms with Gasteiger partial charge in [-0.1, -0.05) is 19.1 Å². The fraction of sp³-hybridized carbons (Fsp3) is 0.647. The molecule has 3 nitrogen and oxygen atoms in total. The monoisotopic (exact) mass is 294 g/mol. The van der Waals surface area contributed by atoms with Crippen molar-refractivity contribution in [3.63, 3.8) is 0 Å². The number of methoxy groups -OCH3 is 1. The minimum absolute atomic E-state index is 0.219. The number of rotatable bonds is 6. The lowest BCUT2D eigenvalue weighted by Gasteiger charge is -2.35. The smallest absolute Gasteiger partial charge is 0.169 e. The Morgan fingerprint density at radius 2 is 2.10 bits per heavy atom. The molecule has 0 amide bonds. The molecule has 118 valence electrons. The van der Waals surface area contributed by atoms with Crippen LogP contribution in [0, 0.1) is 11.7 Å². The summed E-state index contributed by atoms with van der Waals surface area (Å²) in [4.78, 5) is 2.34. The quantitative estimate of drug-likeness (QED) is 0.873. The Kier molecular flexibility index (Phi) is 6.00. The Hall–Kier alpha value is -1.13. The van der Waals surface area contributed by atoms with E-state index in [0.29, 0.717) is 18.3 Å². The van der Waals surface area contributed by atoms with Crippen LogP contribution >= 0.6 is 0 Å². The second kappa shape index (κ2) is 7.76. The van der Waals surface area contributed by atoms with Crippen LogP contribution in [0.5, 0.6) is 5.75 Å². The summed E-state index contributed by atoms with van der Waals surface area (Å²) in [5.74, 6) is 0.850. The number of piperidine rings is 1. The van der Waals surface area contributed by atoms with E-state index in [4.69, 9.17) is 4.74 Å². The lowest BCUT2D eigenvalue weighted by Crippen LogP contribution is -2.41. The summed E-state index contributed by atoms with van der Waals surface area (Å²) < 4.78 is 19.2. The van der Waals surface area contributed by atoms with Gasteiger partial charge in [0.2, 0.25) is 0 Å². The van der Waals surface area contributed by atoms with Crippen LogP contribution in [0.15, 0.2) is 18.2 Å². The predicted molar refractivity (Wildman–Crippen MR) is 84.1 cm³/mol. The van der Waals surface area contributed by atoms with E-state index in [0.717, 1.165) is 31.1 Å². The molecule has 0 bridgehead atoms. The van der Waals surface area contributed by atoms with E-state index in [9.17, 15) is 4.39 Å². The standard InChI is InChI=1S/C17H27FN2O/c1-4-19-13(2)14-8-10-20(11-9-14)12-15-6-5-7-16(21-3)17(15)18/h5-7,13-14,19H,4,8-12H2,1-3H3. The van der Waals surface area contributed by atoms with Gasteiger partial charge in [-0.05, 0) is 51.4 Å². The first-order chi connectivity index (χ1) is 10.2. The predicted octanol–water partition coefficient (Wildman–Crippen LogP) is 3.04. The molecule has 0 radical (unpaired) electrons. The molecule has 1 aromatic carbocycles. The number of ether oxygens (including phenoxy) is 1. The highest BCUT2D eigenvalue weighted by atomic mass is 19.1. The number of benzene rings is 1. The van der Waals surface area contributed by atoms with Crippen molar-refractivity contribution in [2.45, 2.75) is 39.3 Å². The van der Waals surface area contributed by atoms with Crippen LogP contribution < -0.4 is 10.1 Å². The molecular weight excluding hydrogens is 267 g/mol. The van der Waals surface area contributed by atoms with E-state index in [1.54, 1.807) is 6.07 Å². The minimum atomic E-state index is -0.219. The highest BCUT2D eigenvalue weighted by Gasteiger charge is 2.24. The molecule has 1 aliphatic heterocycles. The molecule has 4 heteroatoms. The van der Waals surface area contributed by atoms with E-state index in [2.05, 4.69) is 24.1 Å². The van der Waals surface area contributed by atoms with Crippen LogP contribution in [-0.2, 0) is 6.54 Å². The van der Waals surface area contributed by atoms with E-state index in [1.165, 1.54) is 20.0 Å². The highest BCUT2D eigenvalue weighted by molar-refractivity contribution is 5.31. The van der Waals surface area contributed by atoms with Gasteiger partial charge in [0.1, 0.15) is 0 Å². The molecule has 1 heterocycles. The molecule has 0 aliphatic carbocycles. The van der Waals surface area contributed by atoms with Gasteiger partial charge in [-0.3, -0.25) is 4.90 Å². The van der Waals surface area contributed by atoms with Crippen molar-refractivity contribution in [2.75, 3.05) is 26.7 Å². The van der Waals surface area contributed by atoms with Gasteiger partial charge in [-0.15, -0.1) is 0 Å². The van der Waals surface area contributed by atoms with Crippen LogP contribution in [0.25, 0.3) is 0 Å². The van der Waals surface area contributed by atoms with Gasteiger partial charge in [0.25, 0.3) is 0 Å². The SMILES string of the molecule is CCNC(C)C1CCN(Cc2cccc(OC)c2F)CC1. The molecule has 1 aliphatic rings. The molecule has 1 aromatic rings. The van der Waals surface area contributed by atoms with Gasteiger partial charge >= 0.3 is 0 Å². The Balaban J connectivity index is 1.89. The van der Waals surface area contributed by atoms with Crippen molar-refractivity contribution in [3.8, 4) is 5.75 Å². The van der Waals surface area contributed by atoms with Crippen LogP contribution in [0.4, 0.5) is 4.39 Å². The second-order valence-corrected chi connectivity index (χ2v) is 5.89. The molecule has 0 aromatic heterocycles. The molecule has 2 rings (SSSR count). The van der Waals surface area contributed by atoms with Crippen molar-refractivity contribution in [3.05, 3.63) is 29.6 Å². The van der Waals surface area contributed by atoms with Gasteiger partial charge in [-0.25, -0.2) is 4.39 Å². The van der Waals surface area contributed by atoms with Crippen molar-refractivity contribution >= 4 is 0 Å². The summed E-state index contributed by atoms with van der Waals surface area (Å²) >= 11 is 0. The zero-order chi connectivity index (χ0) is 15.2. The minimum Gasteiger partial charge on any atom is -0.494 e. The van der Waals surface area contributed by atoms with Crippen LogP contribution in [0.2, 0.25) is 0 Å². The third-order valence-corrected chi connectivity index (χ3v) is 4.52. The number of halogens is 1. The topological polar surface area (TPSA) is 24.5 Å². The summed E-state index contributed by atoms with van der Waals surface area (Å²) in [6.45, 7) is 8.19. The summed E-state index contributed by atoms with van der Waals surface area (Å²) in [6.07, 6.45) is 2.36. The fourth-order valence-corrected chi connectivity index (χ4v) is 3.18. The lowest BCUT2D eigenvalue weighted by molar-refractivity contribution is 0.155. The highest BCUT2D eigenvalue weighted by Crippen LogP contribution is 2.25. The average molecular weight is 294 g/mol. The molecular formula is C17H27FN2O. The van der Waals surface area contributed by atoms with Crippen LogP contribution in [0.3, 0.4) is 0 Å². The van der Waals surface area contributed by atoms with E-state index in [1.807, 2.05) is 12.1 Å². The molecule has 1 atom stereocenters. The van der Waals surface area contributed by atoms with Crippen molar-refractivity contribution in [2.24, 2.45) is 5.92 Å². The number of hydrogen-bond acceptors (Lipinski definition) is 3. The average Bonchev–Trinajstić information content (AvgIpc) is 2.50. The van der Waals surface area contributed by atoms with Crippen LogP contribution in [-0.4, -0.2) is 37.7 Å². The molecule has 1 saturated heterocycles. The van der Waals surface area contributed by atoms with Crippen molar-refractivity contribution < 1.29 is 9.13 Å². The Bertz CT molecular complexity index is 444. The third kappa shape index (κ3) is 4.17. The first-order valence-corrected chi connectivity index (χ1v) is 7.92. The Morgan fingerprint density at radius 3 is 2.71 bits per heavy atom. The number of nitrogens with zero attached hydrogens (tertiary/aromatic N) is 1. The Morgan fingerprint density at radius 1 is 1.38 bits per heavy atom. The zero-order valence-corrected chi connectivity index (χ0v) is 13.4. The summed E-state index contributed by atoms with van der Waals surface area (Å²) in [7, 11) is 1.51. The lowest BCUT2D eigenvalue weighted by atomic mass is 9.90. The maximum Gasteiger partial charge on any atom is 0.169 e. The number of nitrogens with one attached hydrogen (secondary N) is 1. The van der Waals surface area contributed by atoms with Crippen molar-refractivity contribution in [1.82, 2.24) is 10.2 Å². The molecule has 0 spiro atoms. The third-order valence-electron chi connectivity index (χ3n) is 4.52. The molecule has 1 fully saturated rings. The van der Waals surface area contributed by atoms with E-state index < -0.39 is 0 Å². The van der Waals surface area contributed by atoms with Gasteiger partial charge in [0.15, 0.2) is 11.6 Å². The zero-order valence-electron chi connectivity index (χ0n) is 13.4. The summed E-state index contributed by atoms with van der Waals surface area (Å²) in [6, 6.07) is 5.96. The van der Waals surface area contributed by atoms with Gasteiger partial charge in [0.05, 0.1) is 7.11 Å². The van der Waals surface area contributed by atoms with Gasteiger partial charge in [-0.2, -0.15) is 0 Å². The fourth-order valence-electron chi connectivity index (χ4n) is 3.18. The summed E-state index contributed by atoms with van der Waals surface area (Å²) in [5.41, 5.74) is 0.729. The van der Waals surface area contributed by atoms with Gasteiger partial charge in [0, 0.05) is 18.2 Å². The molecule has 1 unspecified atom stereocenters. The van der Waals surface area contributed by atoms with E-state index >= 15 is 0 Å². The molecule has 21 heavy (non-hydrogen) atoms.